The Kier molecular flexibility index (Phi) is 7.68. The summed E-state index contributed by atoms with van der Waals surface area (Å²) in [4.78, 5) is 0. The number of aliphatic hydroxyl groups is 3. The second-order valence-corrected chi connectivity index (χ2v) is 11.7. The zero-order valence-electron chi connectivity index (χ0n) is 13.2. The molecule has 0 aromatic rings. The van der Waals surface area contributed by atoms with Crippen LogP contribution in [-0.2, 0) is 4.43 Å². The lowest BCUT2D eigenvalue weighted by Crippen LogP contribution is -2.25. The maximum atomic E-state index is 9.98. The standard InChI is InChI=1S/C15H32O4Si/c1-20(2,3)19-8-6-4-5-7-13(16)9-12-10-14(17)11-15(12)18/h12-18H,4-11H2,1-3H3. The number of hydrogen-bond donors (Lipinski definition) is 3. The van der Waals surface area contributed by atoms with Gasteiger partial charge in [0.05, 0.1) is 18.3 Å². The summed E-state index contributed by atoms with van der Waals surface area (Å²) in [5.41, 5.74) is 0. The molecule has 1 rings (SSSR count). The van der Waals surface area contributed by atoms with Gasteiger partial charge in [0.15, 0.2) is 8.32 Å². The highest BCUT2D eigenvalue weighted by Crippen LogP contribution is 2.30. The van der Waals surface area contributed by atoms with E-state index in [-0.39, 0.29) is 18.1 Å². The normalized spacial score (nSPS) is 28.8. The Morgan fingerprint density at radius 2 is 1.80 bits per heavy atom. The van der Waals surface area contributed by atoms with Crippen LogP contribution in [0.5, 0.6) is 0 Å². The van der Waals surface area contributed by atoms with Crippen molar-refractivity contribution in [2.75, 3.05) is 6.61 Å². The van der Waals surface area contributed by atoms with Crippen LogP contribution in [0.15, 0.2) is 0 Å². The van der Waals surface area contributed by atoms with Crippen molar-refractivity contribution in [2.24, 2.45) is 5.92 Å². The van der Waals surface area contributed by atoms with E-state index >= 15 is 0 Å². The molecular weight excluding hydrogens is 272 g/mol. The van der Waals surface area contributed by atoms with E-state index < -0.39 is 14.4 Å². The number of aliphatic hydroxyl groups excluding tert-OH is 3. The summed E-state index contributed by atoms with van der Waals surface area (Å²) in [6, 6.07) is 0. The molecule has 0 heterocycles. The van der Waals surface area contributed by atoms with Gasteiger partial charge in [-0.15, -0.1) is 0 Å². The van der Waals surface area contributed by atoms with Gasteiger partial charge in [-0.3, -0.25) is 0 Å². The molecule has 0 aromatic carbocycles. The second kappa shape index (κ2) is 8.49. The van der Waals surface area contributed by atoms with Crippen LogP contribution < -0.4 is 0 Å². The fourth-order valence-corrected chi connectivity index (χ4v) is 3.59. The largest absolute Gasteiger partial charge is 0.418 e. The van der Waals surface area contributed by atoms with Crippen LogP contribution in [0.1, 0.15) is 44.9 Å². The molecule has 0 spiro atoms. The molecule has 3 N–H and O–H groups in total. The molecule has 1 fully saturated rings. The zero-order valence-corrected chi connectivity index (χ0v) is 14.2. The van der Waals surface area contributed by atoms with Crippen molar-refractivity contribution in [2.45, 2.75) is 82.9 Å². The van der Waals surface area contributed by atoms with Crippen LogP contribution in [0, 0.1) is 5.92 Å². The topological polar surface area (TPSA) is 69.9 Å². The highest BCUT2D eigenvalue weighted by Gasteiger charge is 2.32. The van der Waals surface area contributed by atoms with Crippen molar-refractivity contribution in [3.63, 3.8) is 0 Å². The Bertz CT molecular complexity index is 267. The molecule has 0 aliphatic heterocycles. The number of hydrogen-bond acceptors (Lipinski definition) is 4. The third-order valence-electron chi connectivity index (χ3n) is 3.92. The summed E-state index contributed by atoms with van der Waals surface area (Å²) in [5.74, 6) is 0.0650. The van der Waals surface area contributed by atoms with Gasteiger partial charge in [-0.05, 0) is 57.7 Å². The zero-order chi connectivity index (χ0) is 15.2. The van der Waals surface area contributed by atoms with Crippen molar-refractivity contribution >= 4 is 8.32 Å². The van der Waals surface area contributed by atoms with Crippen molar-refractivity contribution < 1.29 is 19.7 Å². The maximum Gasteiger partial charge on any atom is 0.183 e. The molecule has 0 amide bonds. The summed E-state index contributed by atoms with van der Waals surface area (Å²) in [6.07, 6.45) is 4.45. The molecule has 1 aliphatic carbocycles. The Labute approximate surface area is 124 Å². The molecule has 0 aromatic heterocycles. The van der Waals surface area contributed by atoms with Crippen molar-refractivity contribution in [1.82, 2.24) is 0 Å². The molecule has 0 radical (unpaired) electrons. The molecule has 120 valence electrons. The fraction of sp³-hybridized carbons (Fsp3) is 1.00. The Morgan fingerprint density at radius 1 is 1.10 bits per heavy atom. The van der Waals surface area contributed by atoms with Gasteiger partial charge in [0, 0.05) is 6.61 Å². The first kappa shape index (κ1) is 18.1. The smallest absolute Gasteiger partial charge is 0.183 e. The first-order chi connectivity index (χ1) is 9.28. The van der Waals surface area contributed by atoms with Crippen LogP contribution in [0.3, 0.4) is 0 Å². The minimum absolute atomic E-state index is 0.0650. The van der Waals surface area contributed by atoms with Gasteiger partial charge in [-0.1, -0.05) is 12.8 Å². The van der Waals surface area contributed by atoms with E-state index in [1.54, 1.807) is 0 Å². The summed E-state index contributed by atoms with van der Waals surface area (Å²) in [5, 5.41) is 29.2. The highest BCUT2D eigenvalue weighted by atomic mass is 28.4. The van der Waals surface area contributed by atoms with Crippen molar-refractivity contribution in [3.05, 3.63) is 0 Å². The van der Waals surface area contributed by atoms with Crippen LogP contribution in [0.2, 0.25) is 19.6 Å². The number of unbranched alkanes of at least 4 members (excludes halogenated alkanes) is 2. The SMILES string of the molecule is C[Si](C)(C)OCCCCCC(O)CC1CC(O)CC1O. The van der Waals surface area contributed by atoms with E-state index in [0.717, 1.165) is 32.3 Å². The van der Waals surface area contributed by atoms with E-state index in [1.165, 1.54) is 0 Å². The number of rotatable bonds is 9. The fourth-order valence-electron chi connectivity index (χ4n) is 2.83. The van der Waals surface area contributed by atoms with Crippen molar-refractivity contribution in [3.8, 4) is 0 Å². The van der Waals surface area contributed by atoms with Gasteiger partial charge < -0.3 is 19.7 Å². The van der Waals surface area contributed by atoms with Gasteiger partial charge >= 0.3 is 0 Å². The molecule has 4 unspecified atom stereocenters. The Balaban J connectivity index is 2.02. The minimum atomic E-state index is -1.38. The monoisotopic (exact) mass is 304 g/mol. The molecule has 5 heteroatoms. The lowest BCUT2D eigenvalue weighted by atomic mass is 9.95. The first-order valence-corrected chi connectivity index (χ1v) is 11.4. The van der Waals surface area contributed by atoms with E-state index in [9.17, 15) is 15.3 Å². The van der Waals surface area contributed by atoms with Crippen LogP contribution >= 0.6 is 0 Å². The molecule has 1 aliphatic rings. The molecule has 1 saturated carbocycles. The predicted octanol–water partition coefficient (Wildman–Crippen LogP) is 2.28. The third-order valence-corrected chi connectivity index (χ3v) is 4.99. The molecular formula is C15H32O4Si. The van der Waals surface area contributed by atoms with Crippen LogP contribution in [0.25, 0.3) is 0 Å². The third kappa shape index (κ3) is 7.74. The van der Waals surface area contributed by atoms with Gasteiger partial charge in [0.2, 0.25) is 0 Å². The lowest BCUT2D eigenvalue weighted by Gasteiger charge is -2.19. The van der Waals surface area contributed by atoms with Crippen LogP contribution in [-0.4, -0.2) is 48.6 Å². The molecule has 0 saturated heterocycles. The molecule has 4 atom stereocenters. The average Bonchev–Trinajstić information content (AvgIpc) is 2.61. The summed E-state index contributed by atoms with van der Waals surface area (Å²) < 4.78 is 5.79. The van der Waals surface area contributed by atoms with Gasteiger partial charge in [0.1, 0.15) is 0 Å². The summed E-state index contributed by atoms with van der Waals surface area (Å²) in [6.45, 7) is 7.41. The average molecular weight is 305 g/mol. The lowest BCUT2D eigenvalue weighted by molar-refractivity contribution is 0.0740. The molecule has 0 bridgehead atoms. The highest BCUT2D eigenvalue weighted by molar-refractivity contribution is 6.69. The van der Waals surface area contributed by atoms with E-state index in [1.807, 2.05) is 0 Å². The molecule has 4 nitrogen and oxygen atoms in total. The predicted molar refractivity (Wildman–Crippen MR) is 83.1 cm³/mol. The van der Waals surface area contributed by atoms with Gasteiger partial charge in [-0.25, -0.2) is 0 Å². The minimum Gasteiger partial charge on any atom is -0.418 e. The maximum absolute atomic E-state index is 9.98. The first-order valence-electron chi connectivity index (χ1n) is 7.96. The molecule has 20 heavy (non-hydrogen) atoms. The van der Waals surface area contributed by atoms with E-state index in [0.29, 0.717) is 19.3 Å². The van der Waals surface area contributed by atoms with E-state index in [4.69, 9.17) is 4.43 Å². The van der Waals surface area contributed by atoms with Gasteiger partial charge in [-0.2, -0.15) is 0 Å². The van der Waals surface area contributed by atoms with Gasteiger partial charge in [0.25, 0.3) is 0 Å². The summed E-state index contributed by atoms with van der Waals surface area (Å²) in [7, 11) is -1.38. The Hall–Kier alpha value is 0.0569. The quantitative estimate of drug-likeness (QED) is 0.451. The van der Waals surface area contributed by atoms with E-state index in [2.05, 4.69) is 19.6 Å². The summed E-state index contributed by atoms with van der Waals surface area (Å²) >= 11 is 0. The second-order valence-electron chi connectivity index (χ2n) is 7.15. The van der Waals surface area contributed by atoms with Crippen molar-refractivity contribution in [1.29, 1.82) is 0 Å². The van der Waals surface area contributed by atoms with Crippen LogP contribution in [0.4, 0.5) is 0 Å². The Morgan fingerprint density at radius 3 is 2.35 bits per heavy atom.